The van der Waals surface area contributed by atoms with Crippen molar-refractivity contribution in [2.75, 3.05) is 13.2 Å². The molecule has 48 heavy (non-hydrogen) atoms. The predicted octanol–water partition coefficient (Wildman–Crippen LogP) is 13.9. The van der Waals surface area contributed by atoms with Gasteiger partial charge in [0, 0.05) is 0 Å². The zero-order chi connectivity index (χ0) is 34.6. The number of benzene rings is 1. The second kappa shape index (κ2) is 17.0. The molecule has 5 aromatic rings. The van der Waals surface area contributed by atoms with Gasteiger partial charge in [-0.3, -0.25) is 0 Å². The van der Waals surface area contributed by atoms with E-state index >= 15 is 0 Å². The van der Waals surface area contributed by atoms with E-state index in [1.807, 2.05) is 22.7 Å². The van der Waals surface area contributed by atoms with Crippen LogP contribution in [0.15, 0.2) is 36.4 Å². The van der Waals surface area contributed by atoms with Crippen molar-refractivity contribution in [3.8, 4) is 31.0 Å². The predicted molar refractivity (Wildman–Crippen MR) is 227 cm³/mol. The van der Waals surface area contributed by atoms with E-state index in [0.29, 0.717) is 11.8 Å². The number of hydrogen-bond acceptors (Lipinski definition) is 6. The van der Waals surface area contributed by atoms with Crippen molar-refractivity contribution in [2.45, 2.75) is 109 Å². The van der Waals surface area contributed by atoms with Crippen LogP contribution in [-0.4, -0.2) is 50.0 Å². The van der Waals surface area contributed by atoms with E-state index in [2.05, 4.69) is 116 Å². The molecule has 0 amide bonds. The minimum atomic E-state index is -2.37. The van der Waals surface area contributed by atoms with Crippen molar-refractivity contribution in [1.82, 2.24) is 0 Å². The summed E-state index contributed by atoms with van der Waals surface area (Å²) in [5.41, 5.74) is 2.89. The number of thiophene rings is 4. The van der Waals surface area contributed by atoms with E-state index < -0.39 is 36.8 Å². The maximum absolute atomic E-state index is 6.50. The molecular weight excluding hydrogens is 878 g/mol. The van der Waals surface area contributed by atoms with Crippen molar-refractivity contribution in [1.29, 1.82) is 0 Å². The zero-order valence-electron chi connectivity index (χ0n) is 31.1. The van der Waals surface area contributed by atoms with Crippen LogP contribution in [0.25, 0.3) is 41.1 Å². The van der Waals surface area contributed by atoms with Crippen molar-refractivity contribution in [3.63, 3.8) is 0 Å². The second-order valence-corrected chi connectivity index (χ2v) is 50.7. The Balaban J connectivity index is 1.63. The van der Waals surface area contributed by atoms with Gasteiger partial charge in [-0.1, -0.05) is 26.7 Å². The molecule has 0 radical (unpaired) electrons. The minimum absolute atomic E-state index is 0.634. The molecule has 0 bridgehead atoms. The molecule has 8 heteroatoms. The SMILES string of the molecule is CCCCC(CC)COc1ccc(-c2c3c[c]([Sn]([CH3])([CH3])[CH3])sc3c(-c3ccc(OCC(CC)CCCC)s3)c3c[c]([Sn]([CH3])([CH3])[CH3])sc23)s1. The monoisotopic (exact) mass is 938 g/mol. The third-order valence-corrected chi connectivity index (χ3v) is 32.8. The molecule has 0 aliphatic rings. The van der Waals surface area contributed by atoms with Gasteiger partial charge in [-0.25, -0.2) is 0 Å². The van der Waals surface area contributed by atoms with Crippen LogP contribution in [0.1, 0.15) is 79.1 Å². The Bertz CT molecular complexity index is 1600. The van der Waals surface area contributed by atoms with Crippen LogP contribution in [0.5, 0.6) is 10.1 Å². The summed E-state index contributed by atoms with van der Waals surface area (Å²) in [5, 5.41) is 5.02. The number of rotatable bonds is 18. The van der Waals surface area contributed by atoms with E-state index in [9.17, 15) is 0 Å². The zero-order valence-corrected chi connectivity index (χ0v) is 40.1. The number of ether oxygens (including phenoxy) is 2. The summed E-state index contributed by atoms with van der Waals surface area (Å²) in [7, 11) is 0. The van der Waals surface area contributed by atoms with Gasteiger partial charge in [-0.05, 0) is 0 Å². The fourth-order valence-electron chi connectivity index (χ4n) is 6.26. The first-order valence-corrected chi connectivity index (χ1v) is 41.6. The molecule has 4 heterocycles. The number of unbranched alkanes of at least 4 members (excludes halogenated alkanes) is 2. The van der Waals surface area contributed by atoms with Crippen molar-refractivity contribution >= 4 is 108 Å². The molecule has 5 rings (SSSR count). The molecule has 0 aliphatic carbocycles. The summed E-state index contributed by atoms with van der Waals surface area (Å²) in [5.74, 6) is 1.27. The van der Waals surface area contributed by atoms with Gasteiger partial charge in [0.25, 0.3) is 0 Å². The maximum atomic E-state index is 6.50. The Morgan fingerprint density at radius 2 is 0.958 bits per heavy atom. The third-order valence-electron chi connectivity index (χ3n) is 9.60. The molecule has 0 spiro atoms. The summed E-state index contributed by atoms with van der Waals surface area (Å²) in [6.45, 7) is 10.8. The number of fused-ring (bicyclic) bond motifs is 2. The summed E-state index contributed by atoms with van der Waals surface area (Å²) in [6.07, 6.45) is 9.96. The quantitative estimate of drug-likeness (QED) is 0.0815. The first-order chi connectivity index (χ1) is 22.9. The molecule has 2 unspecified atom stereocenters. The molecule has 262 valence electrons. The standard InChI is InChI=1S/C34H40O2S4.6CH3.2Sn/c1-5-9-11-23(7-3)21-35-29-15-13-27(39-29)31-25-17-19-38-34(25)32(26-18-20-37-33(26)31)28-14-16-30(40-28)36-22-24(8-4)12-10-6-2;;;;;;;;/h13-18,23-24H,5-12,21-22H2,1-4H3;6*1H3;;. The molecule has 0 saturated heterocycles. The summed E-state index contributed by atoms with van der Waals surface area (Å²) < 4.78 is 19.2. The Morgan fingerprint density at radius 1 is 0.562 bits per heavy atom. The summed E-state index contributed by atoms with van der Waals surface area (Å²) in [6, 6.07) is 14.4. The van der Waals surface area contributed by atoms with Gasteiger partial charge in [0.2, 0.25) is 0 Å². The van der Waals surface area contributed by atoms with Crippen molar-refractivity contribution < 1.29 is 9.47 Å². The van der Waals surface area contributed by atoms with Gasteiger partial charge in [-0.2, -0.15) is 0 Å². The van der Waals surface area contributed by atoms with Crippen molar-refractivity contribution in [2.24, 2.45) is 11.8 Å². The average Bonchev–Trinajstić information content (AvgIpc) is 3.85. The van der Waals surface area contributed by atoms with Gasteiger partial charge in [0.05, 0.1) is 0 Å². The van der Waals surface area contributed by atoms with Crippen LogP contribution >= 0.6 is 45.3 Å². The average molecular weight is 937 g/mol. The van der Waals surface area contributed by atoms with Crippen LogP contribution in [0.4, 0.5) is 0 Å². The fourth-order valence-corrected chi connectivity index (χ4v) is 21.1. The molecule has 2 atom stereocenters. The molecular formula is C40H58O2S4Sn2. The van der Waals surface area contributed by atoms with Gasteiger partial charge < -0.3 is 0 Å². The van der Waals surface area contributed by atoms with Crippen LogP contribution in [0.3, 0.4) is 0 Å². The Morgan fingerprint density at radius 3 is 1.29 bits per heavy atom. The first kappa shape index (κ1) is 39.0. The van der Waals surface area contributed by atoms with Crippen LogP contribution in [0.2, 0.25) is 29.6 Å². The van der Waals surface area contributed by atoms with Crippen LogP contribution < -0.4 is 15.3 Å². The fraction of sp³-hybridized carbons (Fsp3) is 0.550. The molecule has 0 fully saturated rings. The summed E-state index contributed by atoms with van der Waals surface area (Å²) in [4.78, 5) is 18.1. The van der Waals surface area contributed by atoms with E-state index in [0.717, 1.165) is 23.3 Å². The first-order valence-electron chi connectivity index (χ1n) is 18.4. The van der Waals surface area contributed by atoms with E-state index in [-0.39, 0.29) is 0 Å². The molecule has 1 aromatic carbocycles. The van der Waals surface area contributed by atoms with Crippen molar-refractivity contribution in [3.05, 3.63) is 36.4 Å². The van der Waals surface area contributed by atoms with E-state index in [1.54, 1.807) is 5.79 Å². The molecule has 4 aromatic heterocycles. The molecule has 0 aliphatic heterocycles. The third kappa shape index (κ3) is 9.20. The normalized spacial score (nSPS) is 13.9. The summed E-state index contributed by atoms with van der Waals surface area (Å²) >= 11 is 3.15. The number of hydrogen-bond donors (Lipinski definition) is 0. The van der Waals surface area contributed by atoms with E-state index in [1.165, 1.54) is 92.4 Å². The van der Waals surface area contributed by atoms with Crippen LogP contribution in [0, 0.1) is 11.8 Å². The van der Waals surface area contributed by atoms with Gasteiger partial charge in [0.1, 0.15) is 0 Å². The van der Waals surface area contributed by atoms with Gasteiger partial charge in [0.15, 0.2) is 0 Å². The molecule has 2 nitrogen and oxygen atoms in total. The molecule has 0 N–H and O–H groups in total. The van der Waals surface area contributed by atoms with E-state index in [4.69, 9.17) is 9.47 Å². The van der Waals surface area contributed by atoms with Gasteiger partial charge >= 0.3 is 292 Å². The Hall–Kier alpha value is -0.263. The Labute approximate surface area is 315 Å². The topological polar surface area (TPSA) is 18.5 Å². The van der Waals surface area contributed by atoms with Crippen LogP contribution in [-0.2, 0) is 0 Å². The Kier molecular flexibility index (Phi) is 13.8. The molecule has 0 saturated carbocycles. The second-order valence-electron chi connectivity index (χ2n) is 15.6. The van der Waals surface area contributed by atoms with Gasteiger partial charge in [-0.15, -0.1) is 0 Å².